The summed E-state index contributed by atoms with van der Waals surface area (Å²) in [4.78, 5) is 9.30. The van der Waals surface area contributed by atoms with Gasteiger partial charge in [0.25, 0.3) is 0 Å². The molecule has 0 bridgehead atoms. The fraction of sp³-hybridized carbons (Fsp3) is 0.0278. The van der Waals surface area contributed by atoms with Gasteiger partial charge in [-0.15, -0.1) is 0 Å². The van der Waals surface area contributed by atoms with E-state index in [2.05, 4.69) is 92.0 Å². The van der Waals surface area contributed by atoms with Gasteiger partial charge in [0.1, 0.15) is 0 Å². The summed E-state index contributed by atoms with van der Waals surface area (Å²) in [5.41, 5.74) is 6.88. The summed E-state index contributed by atoms with van der Waals surface area (Å²) in [5.74, 6) is 2.00. The van der Waals surface area contributed by atoms with Gasteiger partial charge in [0.2, 0.25) is 0 Å². The fourth-order valence-corrected chi connectivity index (χ4v) is 6.17. The van der Waals surface area contributed by atoms with Crippen LogP contribution in [0.3, 0.4) is 0 Å². The minimum atomic E-state index is 0.597. The van der Waals surface area contributed by atoms with Gasteiger partial charge >= 0.3 is 194 Å². The number of rotatable bonds is 5. The van der Waals surface area contributed by atoms with Gasteiger partial charge in [0, 0.05) is 18.0 Å². The van der Waals surface area contributed by atoms with Crippen molar-refractivity contribution in [2.45, 2.75) is 0 Å². The molecule has 0 saturated carbocycles. The standard InChI is InChI=1S/C36H23N5O.Pd/c1-39-24-40(34-15-5-4-14-33(34)39)26-9-8-10-27(21-26)42-28-17-18-30-29-11-2-3-13-32(29)41(35(30)22-28)36-19-16-25(23-38-36)31-12-6-7-20-37-31;/h2-20,23H,1H3;/q-2;. The van der Waals surface area contributed by atoms with Crippen LogP contribution in [0.1, 0.15) is 0 Å². The van der Waals surface area contributed by atoms with E-state index in [9.17, 15) is 0 Å². The Balaban J connectivity index is 1.21. The maximum atomic E-state index is 6.39. The molecule has 4 aromatic carbocycles. The van der Waals surface area contributed by atoms with Crippen LogP contribution >= 0.6 is 0 Å². The summed E-state index contributed by atoms with van der Waals surface area (Å²) in [6.45, 7) is 0. The Morgan fingerprint density at radius 2 is 1.44 bits per heavy atom. The first-order valence-corrected chi connectivity index (χ1v) is 14.6. The van der Waals surface area contributed by atoms with Crippen LogP contribution in [0, 0.1) is 16.0 Å². The van der Waals surface area contributed by atoms with E-state index in [4.69, 9.17) is 9.72 Å². The molecule has 0 radical (unpaired) electrons. The molecule has 0 aliphatic carbocycles. The number of para-hydroxylation sites is 3. The van der Waals surface area contributed by atoms with Crippen molar-refractivity contribution in [3.8, 4) is 34.3 Å². The van der Waals surface area contributed by atoms with Gasteiger partial charge in [-0.05, 0) is 18.2 Å². The zero-order valence-electron chi connectivity index (χ0n) is 23.0. The number of fused-ring (bicyclic) bond motifs is 4. The average Bonchev–Trinajstić information content (AvgIpc) is 3.52. The first-order chi connectivity index (χ1) is 21.2. The summed E-state index contributed by atoms with van der Waals surface area (Å²) in [6.07, 6.45) is 3.66. The molecule has 43 heavy (non-hydrogen) atoms. The average molecular weight is 648 g/mol. The molecular formula is C36H23N5OPd-2. The number of aromatic nitrogens is 5. The van der Waals surface area contributed by atoms with Gasteiger partial charge in [-0.3, -0.25) is 4.98 Å². The molecule has 0 aliphatic heterocycles. The normalized spacial score (nSPS) is 11.5. The van der Waals surface area contributed by atoms with Crippen molar-refractivity contribution in [2.24, 2.45) is 7.05 Å². The zero-order valence-corrected chi connectivity index (χ0v) is 24.6. The van der Waals surface area contributed by atoms with E-state index in [1.54, 1.807) is 6.20 Å². The summed E-state index contributed by atoms with van der Waals surface area (Å²) < 4.78 is 13.7. The van der Waals surface area contributed by atoms with E-state index >= 15 is 0 Å². The van der Waals surface area contributed by atoms with Crippen LogP contribution in [0.2, 0.25) is 0 Å². The topological polar surface area (TPSA) is 49.8 Å². The summed E-state index contributed by atoms with van der Waals surface area (Å²) in [7, 11) is 2.04. The molecule has 0 unspecified atom stereocenters. The third-order valence-corrected chi connectivity index (χ3v) is 8.49. The molecule has 0 spiro atoms. The van der Waals surface area contributed by atoms with Crippen LogP contribution in [-0.4, -0.2) is 23.7 Å². The van der Waals surface area contributed by atoms with Crippen LogP contribution in [0.4, 0.5) is 0 Å². The van der Waals surface area contributed by atoms with Crippen molar-refractivity contribution in [3.05, 3.63) is 138 Å². The van der Waals surface area contributed by atoms with Crippen molar-refractivity contribution < 1.29 is 23.5 Å². The number of hydrogen-bond acceptors (Lipinski definition) is 3. The number of ether oxygens (including phenoxy) is 1. The van der Waals surface area contributed by atoms with Crippen molar-refractivity contribution in [1.82, 2.24) is 23.7 Å². The molecule has 6 nitrogen and oxygen atoms in total. The predicted molar refractivity (Wildman–Crippen MR) is 165 cm³/mol. The fourth-order valence-electron chi connectivity index (χ4n) is 5.61. The molecule has 7 heteroatoms. The van der Waals surface area contributed by atoms with Crippen molar-refractivity contribution >= 4 is 32.8 Å². The van der Waals surface area contributed by atoms with Crippen LogP contribution in [0.5, 0.6) is 11.5 Å². The van der Waals surface area contributed by atoms with E-state index in [0.717, 1.165) is 59.5 Å². The van der Waals surface area contributed by atoms with E-state index in [1.807, 2.05) is 80.0 Å². The molecular weight excluding hydrogens is 625 g/mol. The number of benzene rings is 4. The summed E-state index contributed by atoms with van der Waals surface area (Å²) >= 11 is 3.43. The van der Waals surface area contributed by atoms with Gasteiger partial charge in [0.15, 0.2) is 0 Å². The molecule has 8 rings (SSSR count). The second-order valence-corrected chi connectivity index (χ2v) is 10.9. The van der Waals surface area contributed by atoms with Gasteiger partial charge < -0.3 is 0 Å². The Hall–Kier alpha value is -5.09. The van der Waals surface area contributed by atoms with Crippen molar-refractivity contribution in [2.75, 3.05) is 0 Å². The van der Waals surface area contributed by atoms with Crippen LogP contribution in [0.25, 0.3) is 55.6 Å². The zero-order chi connectivity index (χ0) is 28.9. The number of pyridine rings is 2. The monoisotopic (exact) mass is 647 g/mol. The summed E-state index contributed by atoms with van der Waals surface area (Å²) in [6, 6.07) is 43.5. The van der Waals surface area contributed by atoms with E-state index in [1.165, 1.54) is 0 Å². The molecule has 8 aromatic rings. The third-order valence-electron chi connectivity index (χ3n) is 7.62. The Labute approximate surface area is 258 Å². The van der Waals surface area contributed by atoms with Crippen molar-refractivity contribution in [1.29, 1.82) is 0 Å². The number of hydrogen-bond donors (Lipinski definition) is 0. The number of nitrogens with zero attached hydrogens (tertiary/aromatic N) is 5. The predicted octanol–water partition coefficient (Wildman–Crippen LogP) is 7.99. The first-order valence-electron chi connectivity index (χ1n) is 13.8. The molecule has 0 aliphatic rings. The third kappa shape index (κ3) is 4.33. The van der Waals surface area contributed by atoms with Crippen LogP contribution in [0.15, 0.2) is 122 Å². The Bertz CT molecular complexity index is 2350. The van der Waals surface area contributed by atoms with Crippen LogP contribution in [-0.2, 0) is 25.8 Å². The summed E-state index contributed by atoms with van der Waals surface area (Å²) in [5, 5.41) is 2.20. The molecule has 0 fully saturated rings. The number of aryl methyl sites for hydroxylation is 1. The molecule has 0 saturated heterocycles. The number of imidazole rings is 1. The second-order valence-electron chi connectivity index (χ2n) is 10.2. The van der Waals surface area contributed by atoms with Gasteiger partial charge in [-0.2, -0.15) is 0 Å². The SMILES string of the molecule is Cn1[c](=[Pd])n(-c2[c-]c(Oc3[c-]c4c(cc3)c3ccccc3n4-c3ccc(-c4ccccn4)cn3)ccc2)c2ccccc21. The van der Waals surface area contributed by atoms with Gasteiger partial charge in [-0.1, -0.05) is 18.2 Å². The minimum absolute atomic E-state index is 0.597. The Kier molecular flexibility index (Phi) is 6.15. The molecule has 4 heterocycles. The van der Waals surface area contributed by atoms with E-state index < -0.39 is 0 Å². The van der Waals surface area contributed by atoms with Crippen molar-refractivity contribution in [3.63, 3.8) is 0 Å². The second kappa shape index (κ2) is 10.3. The van der Waals surface area contributed by atoms with E-state index in [0.29, 0.717) is 11.5 Å². The van der Waals surface area contributed by atoms with Crippen LogP contribution < -0.4 is 4.74 Å². The Morgan fingerprint density at radius 1 is 0.651 bits per heavy atom. The first kappa shape index (κ1) is 25.6. The molecule has 210 valence electrons. The van der Waals surface area contributed by atoms with Gasteiger partial charge in [0.05, 0.1) is 5.69 Å². The quantitative estimate of drug-likeness (QED) is 0.141. The molecule has 0 N–H and O–H groups in total. The van der Waals surface area contributed by atoms with Gasteiger partial charge in [-0.25, -0.2) is 0 Å². The molecule has 0 amide bonds. The molecule has 0 atom stereocenters. The van der Waals surface area contributed by atoms with E-state index in [-0.39, 0.29) is 0 Å². The maximum absolute atomic E-state index is 6.39. The Morgan fingerprint density at radius 3 is 2.26 bits per heavy atom. The molecule has 4 aromatic heterocycles.